The molecule has 0 amide bonds. The second-order valence-electron chi connectivity index (χ2n) is 4.93. The Morgan fingerprint density at radius 3 is 1.70 bits per heavy atom. The van der Waals surface area contributed by atoms with Crippen LogP contribution in [0.25, 0.3) is 27.5 Å². The van der Waals surface area contributed by atoms with Gasteiger partial charge in [0.2, 0.25) is 0 Å². The summed E-state index contributed by atoms with van der Waals surface area (Å²) in [7, 11) is 6.17. The van der Waals surface area contributed by atoms with E-state index in [1.54, 1.807) is 0 Å². The molecule has 0 spiro atoms. The molecule has 2 heteroatoms. The van der Waals surface area contributed by atoms with E-state index in [0.29, 0.717) is 0 Å². The number of benzene rings is 3. The van der Waals surface area contributed by atoms with Crippen LogP contribution in [0.2, 0.25) is 0 Å². The first kappa shape index (κ1) is 11.4. The predicted octanol–water partition coefficient (Wildman–Crippen LogP) is 3.58. The van der Waals surface area contributed by atoms with Crippen LogP contribution in [0.4, 0.5) is 0 Å². The van der Waals surface area contributed by atoms with Crippen molar-refractivity contribution in [3.8, 4) is 5.69 Å². The molecule has 0 unspecified atom stereocenters. The number of hydrogen-bond donors (Lipinski definition) is 0. The maximum atomic E-state index is 6.17. The predicted molar refractivity (Wildman–Crippen MR) is 86.2 cm³/mol. The highest BCUT2D eigenvalue weighted by atomic mass is 15.0. The molecule has 0 saturated heterocycles. The molecule has 92 valence electrons. The Morgan fingerprint density at radius 1 is 0.600 bits per heavy atom. The van der Waals surface area contributed by atoms with Crippen molar-refractivity contribution >= 4 is 35.1 Å². The second kappa shape index (κ2) is 4.27. The molecular weight excluding hydrogens is 241 g/mol. The topological polar surface area (TPSA) is 4.93 Å². The largest absolute Gasteiger partial charge is 0.310 e. The van der Waals surface area contributed by atoms with Gasteiger partial charge in [-0.2, -0.15) is 0 Å². The lowest BCUT2D eigenvalue weighted by Gasteiger charge is -2.10. The van der Waals surface area contributed by atoms with E-state index in [1.807, 2.05) is 18.2 Å². The summed E-state index contributed by atoms with van der Waals surface area (Å²) in [5.41, 5.74) is 4.20. The number of aromatic nitrogens is 1. The summed E-state index contributed by atoms with van der Waals surface area (Å²) >= 11 is 0. The fourth-order valence-corrected chi connectivity index (χ4v) is 2.87. The Morgan fingerprint density at radius 2 is 1.10 bits per heavy atom. The molecule has 2 radical (unpaired) electrons. The third-order valence-electron chi connectivity index (χ3n) is 3.76. The summed E-state index contributed by atoms with van der Waals surface area (Å²) in [4.78, 5) is 0. The van der Waals surface area contributed by atoms with E-state index >= 15 is 0 Å². The summed E-state index contributed by atoms with van der Waals surface area (Å²) in [6.45, 7) is 0. The SMILES string of the molecule is [B]c1ccccc1-n1c2ccccc2c2ccccc21. The molecule has 1 aromatic heterocycles. The van der Waals surface area contributed by atoms with E-state index in [0.717, 1.165) is 11.2 Å². The number of fused-ring (bicyclic) bond motifs is 3. The average Bonchev–Trinajstić information content (AvgIpc) is 2.83. The Bertz CT molecular complexity index is 868. The van der Waals surface area contributed by atoms with Gasteiger partial charge in [-0.3, -0.25) is 0 Å². The minimum atomic E-state index is 0.791. The molecule has 3 aromatic carbocycles. The molecule has 0 bridgehead atoms. The van der Waals surface area contributed by atoms with E-state index in [2.05, 4.69) is 59.2 Å². The molecule has 0 atom stereocenters. The van der Waals surface area contributed by atoms with Crippen molar-refractivity contribution in [3.63, 3.8) is 0 Å². The molecule has 1 heterocycles. The summed E-state index contributed by atoms with van der Waals surface area (Å²) in [6, 6.07) is 24.9. The Labute approximate surface area is 118 Å². The number of hydrogen-bond acceptors (Lipinski definition) is 0. The van der Waals surface area contributed by atoms with E-state index in [1.165, 1.54) is 21.8 Å². The standard InChI is InChI=1S/C18H12BN/c19-15-9-3-6-12-18(15)20-16-10-4-1-7-13(16)14-8-2-5-11-17(14)20/h1-12H. The zero-order valence-corrected chi connectivity index (χ0v) is 11.0. The highest BCUT2D eigenvalue weighted by Gasteiger charge is 2.11. The van der Waals surface area contributed by atoms with Gasteiger partial charge in [0.15, 0.2) is 0 Å². The Balaban J connectivity index is 2.24. The van der Waals surface area contributed by atoms with Crippen LogP contribution in [0.1, 0.15) is 0 Å². The molecule has 0 saturated carbocycles. The van der Waals surface area contributed by atoms with E-state index < -0.39 is 0 Å². The lowest BCUT2D eigenvalue weighted by Crippen LogP contribution is -2.11. The lowest BCUT2D eigenvalue weighted by molar-refractivity contribution is 1.19. The summed E-state index contributed by atoms with van der Waals surface area (Å²) in [6.07, 6.45) is 0. The van der Waals surface area contributed by atoms with Crippen LogP contribution in [-0.4, -0.2) is 12.4 Å². The van der Waals surface area contributed by atoms with Crippen LogP contribution in [0.3, 0.4) is 0 Å². The lowest BCUT2D eigenvalue weighted by atomic mass is 9.94. The number of para-hydroxylation sites is 3. The minimum Gasteiger partial charge on any atom is -0.310 e. The van der Waals surface area contributed by atoms with E-state index in [4.69, 9.17) is 7.85 Å². The van der Waals surface area contributed by atoms with Gasteiger partial charge < -0.3 is 4.57 Å². The van der Waals surface area contributed by atoms with Gasteiger partial charge in [-0.25, -0.2) is 0 Å². The molecule has 4 aromatic rings. The van der Waals surface area contributed by atoms with Gasteiger partial charge >= 0.3 is 0 Å². The fraction of sp³-hybridized carbons (Fsp3) is 0. The van der Waals surface area contributed by atoms with Crippen LogP contribution < -0.4 is 5.46 Å². The smallest absolute Gasteiger partial charge is 0.116 e. The summed E-state index contributed by atoms with van der Waals surface area (Å²) in [5.74, 6) is 0. The van der Waals surface area contributed by atoms with E-state index in [9.17, 15) is 0 Å². The van der Waals surface area contributed by atoms with Crippen LogP contribution in [0.5, 0.6) is 0 Å². The second-order valence-corrected chi connectivity index (χ2v) is 4.93. The van der Waals surface area contributed by atoms with Crippen molar-refractivity contribution in [2.45, 2.75) is 0 Å². The van der Waals surface area contributed by atoms with Crippen molar-refractivity contribution in [2.75, 3.05) is 0 Å². The van der Waals surface area contributed by atoms with Gasteiger partial charge in [0.05, 0.1) is 11.0 Å². The maximum absolute atomic E-state index is 6.17. The van der Waals surface area contributed by atoms with Crippen molar-refractivity contribution < 1.29 is 0 Å². The number of rotatable bonds is 1. The zero-order valence-electron chi connectivity index (χ0n) is 11.0. The van der Waals surface area contributed by atoms with Crippen molar-refractivity contribution in [1.29, 1.82) is 0 Å². The van der Waals surface area contributed by atoms with Gasteiger partial charge in [-0.15, -0.1) is 0 Å². The van der Waals surface area contributed by atoms with Gasteiger partial charge in [-0.1, -0.05) is 60.1 Å². The fourth-order valence-electron chi connectivity index (χ4n) is 2.87. The van der Waals surface area contributed by atoms with Crippen LogP contribution in [0, 0.1) is 0 Å². The molecule has 0 aliphatic heterocycles. The molecule has 1 nitrogen and oxygen atoms in total. The third-order valence-corrected chi connectivity index (χ3v) is 3.76. The molecular formula is C18H12BN. The van der Waals surface area contributed by atoms with Gasteiger partial charge in [0.1, 0.15) is 7.85 Å². The molecule has 0 aliphatic carbocycles. The van der Waals surface area contributed by atoms with Crippen molar-refractivity contribution in [3.05, 3.63) is 72.8 Å². The normalized spacial score (nSPS) is 11.2. The minimum absolute atomic E-state index is 0.791. The van der Waals surface area contributed by atoms with Crippen LogP contribution in [-0.2, 0) is 0 Å². The average molecular weight is 253 g/mol. The zero-order chi connectivity index (χ0) is 13.5. The van der Waals surface area contributed by atoms with Crippen molar-refractivity contribution in [2.24, 2.45) is 0 Å². The quantitative estimate of drug-likeness (QED) is 0.457. The number of nitrogens with zero attached hydrogens (tertiary/aromatic N) is 1. The highest BCUT2D eigenvalue weighted by molar-refractivity contribution is 6.35. The van der Waals surface area contributed by atoms with Crippen LogP contribution >= 0.6 is 0 Å². The van der Waals surface area contributed by atoms with E-state index in [-0.39, 0.29) is 0 Å². The Hall–Kier alpha value is -2.48. The molecule has 0 aliphatic rings. The van der Waals surface area contributed by atoms with Gasteiger partial charge in [-0.05, 0) is 18.2 Å². The molecule has 20 heavy (non-hydrogen) atoms. The first-order valence-electron chi connectivity index (χ1n) is 6.69. The third kappa shape index (κ3) is 1.51. The van der Waals surface area contributed by atoms with Crippen LogP contribution in [0.15, 0.2) is 72.8 Å². The molecule has 0 N–H and O–H groups in total. The van der Waals surface area contributed by atoms with Gasteiger partial charge in [0.25, 0.3) is 0 Å². The maximum Gasteiger partial charge on any atom is 0.116 e. The summed E-state index contributed by atoms with van der Waals surface area (Å²) < 4.78 is 2.24. The summed E-state index contributed by atoms with van der Waals surface area (Å²) in [5, 5.41) is 2.51. The molecule has 4 rings (SSSR count). The Kier molecular flexibility index (Phi) is 2.43. The molecule has 0 fully saturated rings. The highest BCUT2D eigenvalue weighted by Crippen LogP contribution is 2.30. The first-order valence-corrected chi connectivity index (χ1v) is 6.69. The first-order chi connectivity index (χ1) is 9.86. The van der Waals surface area contributed by atoms with Gasteiger partial charge in [0, 0.05) is 16.5 Å². The monoisotopic (exact) mass is 253 g/mol. The van der Waals surface area contributed by atoms with Crippen molar-refractivity contribution in [1.82, 2.24) is 4.57 Å².